The van der Waals surface area contributed by atoms with Crippen molar-refractivity contribution in [2.45, 2.75) is 38.1 Å². The second-order valence-electron chi connectivity index (χ2n) is 4.41. The SMILES string of the molecule is O=C1CCCc2c1ccc(=O)n2C1CC1. The van der Waals surface area contributed by atoms with Gasteiger partial charge in [0.1, 0.15) is 0 Å². The van der Waals surface area contributed by atoms with E-state index in [0.717, 1.165) is 36.9 Å². The average molecular weight is 203 g/mol. The predicted molar refractivity (Wildman–Crippen MR) is 56.2 cm³/mol. The maximum Gasteiger partial charge on any atom is 0.251 e. The molecule has 1 saturated carbocycles. The fourth-order valence-electron chi connectivity index (χ4n) is 2.39. The fraction of sp³-hybridized carbons (Fsp3) is 0.500. The quantitative estimate of drug-likeness (QED) is 0.696. The van der Waals surface area contributed by atoms with Crippen molar-refractivity contribution in [1.29, 1.82) is 0 Å². The maximum absolute atomic E-state index is 11.7. The third-order valence-corrected chi connectivity index (χ3v) is 3.26. The molecule has 0 saturated heterocycles. The normalized spacial score (nSPS) is 20.1. The van der Waals surface area contributed by atoms with Gasteiger partial charge in [-0.3, -0.25) is 9.59 Å². The molecule has 78 valence electrons. The topological polar surface area (TPSA) is 39.1 Å². The summed E-state index contributed by atoms with van der Waals surface area (Å²) in [6, 6.07) is 3.62. The lowest BCUT2D eigenvalue weighted by molar-refractivity contribution is 0.0970. The standard InChI is InChI=1S/C12H13NO2/c14-11-3-1-2-10-9(11)6-7-12(15)13(10)8-4-5-8/h6-8H,1-5H2. The molecule has 2 aliphatic rings. The number of Topliss-reactive ketones (excluding diaryl/α,β-unsaturated/α-hetero) is 1. The molecule has 3 nitrogen and oxygen atoms in total. The molecule has 0 radical (unpaired) electrons. The molecular weight excluding hydrogens is 190 g/mol. The molecule has 0 bridgehead atoms. The minimum absolute atomic E-state index is 0.0611. The van der Waals surface area contributed by atoms with Crippen LogP contribution in [-0.4, -0.2) is 10.4 Å². The number of hydrogen-bond acceptors (Lipinski definition) is 2. The van der Waals surface area contributed by atoms with E-state index < -0.39 is 0 Å². The number of ketones is 1. The average Bonchev–Trinajstić information content (AvgIpc) is 3.01. The molecule has 3 heteroatoms. The van der Waals surface area contributed by atoms with Crippen molar-refractivity contribution in [2.24, 2.45) is 0 Å². The number of rotatable bonds is 1. The number of nitrogens with zero attached hydrogens (tertiary/aromatic N) is 1. The minimum Gasteiger partial charge on any atom is -0.309 e. The van der Waals surface area contributed by atoms with Gasteiger partial charge in [0.05, 0.1) is 0 Å². The largest absolute Gasteiger partial charge is 0.309 e. The highest BCUT2D eigenvalue weighted by molar-refractivity contribution is 5.98. The molecule has 3 rings (SSSR count). The van der Waals surface area contributed by atoms with Crippen LogP contribution in [0.4, 0.5) is 0 Å². The highest BCUT2D eigenvalue weighted by Crippen LogP contribution is 2.36. The third kappa shape index (κ3) is 1.34. The second kappa shape index (κ2) is 3.05. The van der Waals surface area contributed by atoms with Crippen LogP contribution in [-0.2, 0) is 6.42 Å². The van der Waals surface area contributed by atoms with Crippen molar-refractivity contribution in [3.05, 3.63) is 33.7 Å². The van der Waals surface area contributed by atoms with Crippen molar-refractivity contribution < 1.29 is 4.79 Å². The van der Waals surface area contributed by atoms with E-state index in [-0.39, 0.29) is 11.3 Å². The Kier molecular flexibility index (Phi) is 1.81. The molecule has 1 fully saturated rings. The Labute approximate surface area is 87.7 Å². The van der Waals surface area contributed by atoms with Gasteiger partial charge >= 0.3 is 0 Å². The Morgan fingerprint density at radius 2 is 1.93 bits per heavy atom. The molecule has 0 aromatic carbocycles. The van der Waals surface area contributed by atoms with E-state index in [1.165, 1.54) is 0 Å². The first kappa shape index (κ1) is 8.89. The first-order chi connectivity index (χ1) is 7.27. The van der Waals surface area contributed by atoms with Gasteiger partial charge in [0, 0.05) is 29.8 Å². The van der Waals surface area contributed by atoms with Gasteiger partial charge in [-0.25, -0.2) is 0 Å². The molecule has 2 aliphatic carbocycles. The molecule has 1 aromatic heterocycles. The summed E-state index contributed by atoms with van der Waals surface area (Å²) in [7, 11) is 0. The molecular formula is C12H13NO2. The van der Waals surface area contributed by atoms with Gasteiger partial charge in [-0.1, -0.05) is 0 Å². The van der Waals surface area contributed by atoms with Crippen LogP contribution in [0.1, 0.15) is 47.8 Å². The molecule has 0 aliphatic heterocycles. The summed E-state index contributed by atoms with van der Waals surface area (Å²) >= 11 is 0. The zero-order valence-corrected chi connectivity index (χ0v) is 8.53. The van der Waals surface area contributed by atoms with E-state index in [9.17, 15) is 9.59 Å². The van der Waals surface area contributed by atoms with Crippen LogP contribution >= 0.6 is 0 Å². The van der Waals surface area contributed by atoms with Gasteiger partial charge in [-0.05, 0) is 31.7 Å². The lowest BCUT2D eigenvalue weighted by atomic mass is 9.94. The number of pyridine rings is 1. The zero-order valence-electron chi connectivity index (χ0n) is 8.53. The van der Waals surface area contributed by atoms with E-state index in [1.807, 2.05) is 4.57 Å². The molecule has 0 unspecified atom stereocenters. The van der Waals surface area contributed by atoms with E-state index in [0.29, 0.717) is 12.5 Å². The van der Waals surface area contributed by atoms with Gasteiger partial charge < -0.3 is 4.57 Å². The van der Waals surface area contributed by atoms with Crippen molar-refractivity contribution >= 4 is 5.78 Å². The van der Waals surface area contributed by atoms with E-state index in [4.69, 9.17) is 0 Å². The number of hydrogen-bond donors (Lipinski definition) is 0. The Hall–Kier alpha value is -1.38. The summed E-state index contributed by atoms with van der Waals surface area (Å²) in [4.78, 5) is 23.4. The molecule has 0 amide bonds. The number of carbonyl (C=O) groups is 1. The van der Waals surface area contributed by atoms with Crippen LogP contribution in [0.5, 0.6) is 0 Å². The van der Waals surface area contributed by atoms with Crippen LogP contribution < -0.4 is 5.56 Å². The van der Waals surface area contributed by atoms with Gasteiger partial charge in [0.25, 0.3) is 5.56 Å². The molecule has 0 spiro atoms. The van der Waals surface area contributed by atoms with Gasteiger partial charge in [-0.15, -0.1) is 0 Å². The van der Waals surface area contributed by atoms with Crippen molar-refractivity contribution in [3.63, 3.8) is 0 Å². The molecule has 0 atom stereocenters. The number of aromatic nitrogens is 1. The monoisotopic (exact) mass is 203 g/mol. The van der Waals surface area contributed by atoms with Gasteiger partial charge in [-0.2, -0.15) is 0 Å². The van der Waals surface area contributed by atoms with Gasteiger partial charge in [0.2, 0.25) is 0 Å². The summed E-state index contributed by atoms with van der Waals surface area (Å²) < 4.78 is 1.85. The Balaban J connectivity index is 2.24. The lowest BCUT2D eigenvalue weighted by Gasteiger charge is -2.19. The highest BCUT2D eigenvalue weighted by atomic mass is 16.1. The highest BCUT2D eigenvalue weighted by Gasteiger charge is 2.29. The first-order valence-electron chi connectivity index (χ1n) is 5.55. The number of fused-ring (bicyclic) bond motifs is 1. The summed E-state index contributed by atoms with van der Waals surface area (Å²) in [5.74, 6) is 0.200. The smallest absolute Gasteiger partial charge is 0.251 e. The van der Waals surface area contributed by atoms with E-state index >= 15 is 0 Å². The maximum atomic E-state index is 11.7. The summed E-state index contributed by atoms with van der Waals surface area (Å²) in [5.41, 5.74) is 1.83. The van der Waals surface area contributed by atoms with Crippen LogP contribution in [0.15, 0.2) is 16.9 Å². The Bertz CT molecular complexity index is 483. The van der Waals surface area contributed by atoms with Crippen LogP contribution in [0.2, 0.25) is 0 Å². The molecule has 15 heavy (non-hydrogen) atoms. The molecule has 0 N–H and O–H groups in total. The molecule has 1 aromatic rings. The Morgan fingerprint density at radius 3 is 2.67 bits per heavy atom. The van der Waals surface area contributed by atoms with E-state index in [2.05, 4.69) is 0 Å². The zero-order chi connectivity index (χ0) is 10.4. The van der Waals surface area contributed by atoms with Crippen molar-refractivity contribution in [3.8, 4) is 0 Å². The predicted octanol–water partition coefficient (Wildman–Crippen LogP) is 1.70. The summed E-state index contributed by atoms with van der Waals surface area (Å²) in [5, 5.41) is 0. The van der Waals surface area contributed by atoms with Crippen LogP contribution in [0, 0.1) is 0 Å². The minimum atomic E-state index is 0.0611. The van der Waals surface area contributed by atoms with Crippen LogP contribution in [0.25, 0.3) is 0 Å². The fourth-order valence-corrected chi connectivity index (χ4v) is 2.39. The second-order valence-corrected chi connectivity index (χ2v) is 4.41. The van der Waals surface area contributed by atoms with Crippen molar-refractivity contribution in [1.82, 2.24) is 4.57 Å². The van der Waals surface area contributed by atoms with Crippen molar-refractivity contribution in [2.75, 3.05) is 0 Å². The summed E-state index contributed by atoms with van der Waals surface area (Å²) in [6.45, 7) is 0. The van der Waals surface area contributed by atoms with Gasteiger partial charge in [0.15, 0.2) is 5.78 Å². The van der Waals surface area contributed by atoms with Crippen LogP contribution in [0.3, 0.4) is 0 Å². The van der Waals surface area contributed by atoms with E-state index in [1.54, 1.807) is 12.1 Å². The summed E-state index contributed by atoms with van der Waals surface area (Å²) in [6.07, 6.45) is 4.58. The number of carbonyl (C=O) groups excluding carboxylic acids is 1. The lowest BCUT2D eigenvalue weighted by Crippen LogP contribution is -2.27. The Morgan fingerprint density at radius 1 is 1.13 bits per heavy atom. The first-order valence-corrected chi connectivity index (χ1v) is 5.55. The molecule has 1 heterocycles. The third-order valence-electron chi connectivity index (χ3n) is 3.26.